The maximum Gasteiger partial charge on any atom is 0.416 e. The lowest BCUT2D eigenvalue weighted by Gasteiger charge is -2.21. The highest BCUT2D eigenvalue weighted by Gasteiger charge is 2.60. The number of benzene rings is 1. The molecule has 5 rings (SSSR count). The van der Waals surface area contributed by atoms with Crippen LogP contribution in [0, 0.1) is 12.8 Å². The minimum atomic E-state index is -4.29. The van der Waals surface area contributed by atoms with Crippen molar-refractivity contribution in [3.63, 3.8) is 0 Å². The van der Waals surface area contributed by atoms with Crippen LogP contribution in [0.15, 0.2) is 65.7 Å². The van der Waals surface area contributed by atoms with E-state index in [1.165, 1.54) is 12.1 Å². The van der Waals surface area contributed by atoms with E-state index < -0.39 is 11.7 Å². The fraction of sp³-hybridized carbons (Fsp3) is 0.407. The largest absolute Gasteiger partial charge is 0.416 e. The molecule has 0 radical (unpaired) electrons. The minimum absolute atomic E-state index is 0. The van der Waals surface area contributed by atoms with Crippen LogP contribution in [-0.4, -0.2) is 34.1 Å². The average molecular weight is 540 g/mol. The van der Waals surface area contributed by atoms with Gasteiger partial charge in [-0.2, -0.15) is 13.2 Å². The van der Waals surface area contributed by atoms with Crippen molar-refractivity contribution in [3.05, 3.63) is 88.1 Å². The van der Waals surface area contributed by atoms with Crippen LogP contribution in [0.2, 0.25) is 0 Å². The van der Waals surface area contributed by atoms with Crippen LogP contribution >= 0.6 is 24.8 Å². The number of hydrogen-bond acceptors (Lipinski definition) is 3. The third-order valence-corrected chi connectivity index (χ3v) is 7.37. The van der Waals surface area contributed by atoms with E-state index in [0.717, 1.165) is 55.7 Å². The number of piperidine rings is 1. The third-order valence-electron chi connectivity index (χ3n) is 7.37. The minimum Gasteiger partial charge on any atom is -0.315 e. The Hall–Kier alpha value is -2.35. The molecule has 1 aromatic carbocycles. The number of pyridine rings is 2. The van der Waals surface area contributed by atoms with Crippen LogP contribution in [0.1, 0.15) is 36.1 Å². The SMILES string of the molecule is Cc1ccc(-c2cccn(CCCCN3C[C@@H]4C[C@]4(c4ccc(C(F)(F)F)cc4)C3)c2=O)cn1.Cl.Cl. The molecule has 3 heterocycles. The maximum atomic E-state index is 12.9. The lowest BCUT2D eigenvalue weighted by Crippen LogP contribution is -2.28. The average Bonchev–Trinajstić information content (AvgIpc) is 3.39. The molecule has 0 amide bonds. The molecule has 1 aliphatic carbocycles. The van der Waals surface area contributed by atoms with Crippen molar-refractivity contribution in [2.24, 2.45) is 5.92 Å². The Bertz CT molecular complexity index is 1230. The summed E-state index contributed by atoms with van der Waals surface area (Å²) in [6.07, 6.45) is 2.20. The van der Waals surface area contributed by atoms with Gasteiger partial charge in [0.05, 0.1) is 5.56 Å². The molecule has 0 bridgehead atoms. The number of halogens is 5. The molecular formula is C27H30Cl2F3N3O. The van der Waals surface area contributed by atoms with E-state index in [0.29, 0.717) is 18.0 Å². The summed E-state index contributed by atoms with van der Waals surface area (Å²) in [5, 5.41) is 0. The van der Waals surface area contributed by atoms with Gasteiger partial charge in [0.2, 0.25) is 0 Å². The lowest BCUT2D eigenvalue weighted by atomic mass is 9.94. The first-order valence-corrected chi connectivity index (χ1v) is 11.8. The second kappa shape index (κ2) is 11.0. The second-order valence-electron chi connectivity index (χ2n) is 9.68. The molecule has 9 heteroatoms. The zero-order valence-corrected chi connectivity index (χ0v) is 21.6. The quantitative estimate of drug-likeness (QED) is 0.338. The number of unbranched alkanes of at least 4 members (excludes halogenated alkanes) is 1. The lowest BCUT2D eigenvalue weighted by molar-refractivity contribution is -0.137. The third kappa shape index (κ3) is 5.63. The standard InChI is InChI=1S/C27H28F3N3O.2ClH/c1-19-6-7-20(16-31-19)24-5-4-14-33(25(24)34)13-3-2-12-32-17-23-15-26(23,18-32)21-8-10-22(11-9-21)27(28,29)30;;/h4-11,14,16,23H,2-3,12-13,15,17-18H2,1H3;2*1H/t23-,26+;;/m0../s1. The first-order chi connectivity index (χ1) is 16.3. The highest BCUT2D eigenvalue weighted by atomic mass is 35.5. The van der Waals surface area contributed by atoms with Crippen molar-refractivity contribution in [2.75, 3.05) is 19.6 Å². The molecule has 0 N–H and O–H groups in total. The van der Waals surface area contributed by atoms with Gasteiger partial charge < -0.3 is 9.47 Å². The summed E-state index contributed by atoms with van der Waals surface area (Å²) in [7, 11) is 0. The van der Waals surface area contributed by atoms with Crippen molar-refractivity contribution in [2.45, 2.75) is 44.3 Å². The Balaban J connectivity index is 0.00000180. The Morgan fingerprint density at radius 1 is 1.03 bits per heavy atom. The molecule has 2 fully saturated rings. The molecule has 1 saturated carbocycles. The molecule has 0 spiro atoms. The smallest absolute Gasteiger partial charge is 0.315 e. The van der Waals surface area contributed by atoms with Gasteiger partial charge in [-0.05, 0) is 74.5 Å². The summed E-state index contributed by atoms with van der Waals surface area (Å²) in [5.41, 5.74) is 2.87. The first-order valence-electron chi connectivity index (χ1n) is 11.8. The van der Waals surface area contributed by atoms with E-state index in [9.17, 15) is 18.0 Å². The molecule has 36 heavy (non-hydrogen) atoms. The number of alkyl halides is 3. The molecule has 2 aliphatic rings. The van der Waals surface area contributed by atoms with Crippen molar-refractivity contribution in [1.29, 1.82) is 0 Å². The first kappa shape index (κ1) is 28.2. The predicted octanol–water partition coefficient (Wildman–Crippen LogP) is 6.13. The summed E-state index contributed by atoms with van der Waals surface area (Å²) in [6, 6.07) is 13.3. The Labute approximate surface area is 221 Å². The molecule has 194 valence electrons. The number of fused-ring (bicyclic) bond motifs is 1. The van der Waals surface area contributed by atoms with Crippen molar-refractivity contribution in [1.82, 2.24) is 14.5 Å². The molecule has 2 aromatic heterocycles. The van der Waals surface area contributed by atoms with Crippen LogP contribution in [0.5, 0.6) is 0 Å². The number of aromatic nitrogens is 2. The van der Waals surface area contributed by atoms with E-state index in [1.54, 1.807) is 22.9 Å². The van der Waals surface area contributed by atoms with Gasteiger partial charge in [0.1, 0.15) is 0 Å². The van der Waals surface area contributed by atoms with E-state index in [-0.39, 0.29) is 35.8 Å². The topological polar surface area (TPSA) is 38.1 Å². The van der Waals surface area contributed by atoms with Gasteiger partial charge in [0.15, 0.2) is 0 Å². The molecule has 1 aliphatic heterocycles. The molecule has 0 unspecified atom stereocenters. The molecule has 2 atom stereocenters. The van der Waals surface area contributed by atoms with Crippen molar-refractivity contribution >= 4 is 24.8 Å². The highest BCUT2D eigenvalue weighted by molar-refractivity contribution is 5.85. The van der Waals surface area contributed by atoms with Crippen LogP contribution < -0.4 is 5.56 Å². The molecule has 4 nitrogen and oxygen atoms in total. The van der Waals surface area contributed by atoms with Gasteiger partial charge in [-0.25, -0.2) is 0 Å². The fourth-order valence-electron chi connectivity index (χ4n) is 5.37. The molecular weight excluding hydrogens is 510 g/mol. The van der Waals surface area contributed by atoms with Gasteiger partial charge in [0, 0.05) is 54.3 Å². The number of nitrogens with zero attached hydrogens (tertiary/aromatic N) is 3. The summed E-state index contributed by atoms with van der Waals surface area (Å²) in [6.45, 7) is 5.42. The zero-order chi connectivity index (χ0) is 23.9. The van der Waals surface area contributed by atoms with Gasteiger partial charge in [-0.15, -0.1) is 24.8 Å². The Kier molecular flexibility index (Phi) is 8.59. The number of likely N-dealkylation sites (tertiary alicyclic amines) is 1. The van der Waals surface area contributed by atoms with Crippen LogP contribution in [0.3, 0.4) is 0 Å². The van der Waals surface area contributed by atoms with Crippen molar-refractivity contribution < 1.29 is 13.2 Å². The number of hydrogen-bond donors (Lipinski definition) is 0. The van der Waals surface area contributed by atoms with E-state index in [4.69, 9.17) is 0 Å². The second-order valence-corrected chi connectivity index (χ2v) is 9.68. The summed E-state index contributed by atoms with van der Waals surface area (Å²) in [4.78, 5) is 19.6. The predicted molar refractivity (Wildman–Crippen MR) is 140 cm³/mol. The Morgan fingerprint density at radius 3 is 2.42 bits per heavy atom. The van der Waals surface area contributed by atoms with Gasteiger partial charge in [-0.3, -0.25) is 9.78 Å². The van der Waals surface area contributed by atoms with E-state index >= 15 is 0 Å². The van der Waals surface area contributed by atoms with Crippen LogP contribution in [-0.2, 0) is 18.1 Å². The maximum absolute atomic E-state index is 12.9. The fourth-order valence-corrected chi connectivity index (χ4v) is 5.37. The normalized spacial score (nSPS) is 20.8. The zero-order valence-electron chi connectivity index (χ0n) is 20.0. The molecule has 1 saturated heterocycles. The monoisotopic (exact) mass is 539 g/mol. The molecule has 3 aromatic rings. The van der Waals surface area contributed by atoms with Gasteiger partial charge in [0.25, 0.3) is 5.56 Å². The number of rotatable bonds is 7. The van der Waals surface area contributed by atoms with E-state index in [2.05, 4.69) is 9.88 Å². The van der Waals surface area contributed by atoms with E-state index in [1.807, 2.05) is 37.4 Å². The van der Waals surface area contributed by atoms with Gasteiger partial charge >= 0.3 is 6.18 Å². The summed E-state index contributed by atoms with van der Waals surface area (Å²) < 4.78 is 40.4. The number of aryl methyl sites for hydroxylation is 2. The Morgan fingerprint density at radius 2 is 1.75 bits per heavy atom. The van der Waals surface area contributed by atoms with Crippen molar-refractivity contribution in [3.8, 4) is 11.1 Å². The highest BCUT2D eigenvalue weighted by Crippen LogP contribution is 2.59. The summed E-state index contributed by atoms with van der Waals surface area (Å²) in [5.74, 6) is 0.534. The van der Waals surface area contributed by atoms with Crippen LogP contribution in [0.4, 0.5) is 13.2 Å². The summed E-state index contributed by atoms with van der Waals surface area (Å²) >= 11 is 0. The van der Waals surface area contributed by atoms with Crippen LogP contribution in [0.25, 0.3) is 11.1 Å². The van der Waals surface area contributed by atoms with Gasteiger partial charge in [-0.1, -0.05) is 18.2 Å².